The van der Waals surface area contributed by atoms with Gasteiger partial charge >= 0.3 is 0 Å². The van der Waals surface area contributed by atoms with Gasteiger partial charge in [-0.3, -0.25) is 0 Å². The molecule has 0 spiro atoms. The Kier molecular flexibility index (Phi) is 6.74. The van der Waals surface area contributed by atoms with Gasteiger partial charge in [-0.25, -0.2) is 0 Å². The molecule has 0 N–H and O–H groups in total. The van der Waals surface area contributed by atoms with Crippen molar-refractivity contribution >= 4 is 16.6 Å². The normalized spacial score (nSPS) is 33.0. The third kappa shape index (κ3) is 6.39. The van der Waals surface area contributed by atoms with Crippen LogP contribution in [0.3, 0.4) is 0 Å². The minimum absolute atomic E-state index is 0.175. The first-order chi connectivity index (χ1) is 11.8. The monoisotopic (exact) mass is 400 g/mol. The maximum Gasteiger partial charge on any atom is 0.241 e. The molecule has 0 bridgehead atoms. The fraction of sp³-hybridized carbons (Fsp3) is 0.900. The summed E-state index contributed by atoms with van der Waals surface area (Å²) in [5.74, 6) is 2.34. The first kappa shape index (κ1) is 22.0. The second kappa shape index (κ2) is 7.97. The van der Waals surface area contributed by atoms with E-state index in [1.165, 1.54) is 0 Å². The summed E-state index contributed by atoms with van der Waals surface area (Å²) in [6, 6.07) is 0. The number of hydrogen-bond donors (Lipinski definition) is 0. The fourth-order valence-corrected chi connectivity index (χ4v) is 5.68. The van der Waals surface area contributed by atoms with Gasteiger partial charge in [0.1, 0.15) is 11.5 Å². The van der Waals surface area contributed by atoms with Crippen molar-refractivity contribution in [3.8, 4) is 0 Å². The van der Waals surface area contributed by atoms with Crippen LogP contribution in [0.4, 0.5) is 0 Å². The molecule has 2 rings (SSSR count). The number of allylic oxidation sites excluding steroid dienone is 2. The molecule has 0 aromatic heterocycles. The summed E-state index contributed by atoms with van der Waals surface area (Å²) in [5, 5.41) is 0. The molecule has 152 valence electrons. The molecule has 0 saturated carbocycles. The summed E-state index contributed by atoms with van der Waals surface area (Å²) in [6.45, 7) is 19.8. The molecule has 1 saturated heterocycles. The Hall–Kier alpha value is -0.306. The molecule has 2 aliphatic rings. The summed E-state index contributed by atoms with van der Waals surface area (Å²) in [5.41, 5.74) is 0. The van der Waals surface area contributed by atoms with Crippen molar-refractivity contribution in [2.45, 2.75) is 110 Å². The van der Waals surface area contributed by atoms with Crippen LogP contribution in [-0.4, -0.2) is 34.6 Å². The molecule has 1 aliphatic heterocycles. The van der Waals surface area contributed by atoms with Crippen LogP contribution in [0, 0.1) is 5.92 Å². The molecule has 3 unspecified atom stereocenters. The van der Waals surface area contributed by atoms with Crippen LogP contribution in [0.1, 0.15) is 52.9 Å². The molecule has 0 radical (unpaired) electrons. The van der Waals surface area contributed by atoms with Gasteiger partial charge in [0.15, 0.2) is 5.79 Å². The maximum atomic E-state index is 6.50. The van der Waals surface area contributed by atoms with Gasteiger partial charge in [-0.2, -0.15) is 0 Å². The highest BCUT2D eigenvalue weighted by atomic mass is 28.4. The van der Waals surface area contributed by atoms with E-state index in [1.54, 1.807) is 0 Å². The predicted molar refractivity (Wildman–Crippen MR) is 112 cm³/mol. The average Bonchev–Trinajstić information content (AvgIpc) is 2.89. The zero-order valence-electron chi connectivity index (χ0n) is 18.4. The summed E-state index contributed by atoms with van der Waals surface area (Å²) in [4.78, 5) is 0. The van der Waals surface area contributed by atoms with Crippen LogP contribution < -0.4 is 0 Å². The van der Waals surface area contributed by atoms with Gasteiger partial charge < -0.3 is 18.3 Å². The predicted octanol–water partition coefficient (Wildman–Crippen LogP) is 6.02. The maximum absolute atomic E-state index is 6.50. The van der Waals surface area contributed by atoms with E-state index < -0.39 is 22.4 Å². The molecular weight excluding hydrogens is 360 g/mol. The average molecular weight is 401 g/mol. The van der Waals surface area contributed by atoms with E-state index in [9.17, 15) is 0 Å². The van der Waals surface area contributed by atoms with Crippen molar-refractivity contribution in [1.82, 2.24) is 0 Å². The van der Waals surface area contributed by atoms with Gasteiger partial charge in [0, 0.05) is 18.8 Å². The zero-order chi connectivity index (χ0) is 19.8. The van der Waals surface area contributed by atoms with E-state index in [4.69, 9.17) is 18.3 Å². The highest BCUT2D eigenvalue weighted by Gasteiger charge is 2.40. The Morgan fingerprint density at radius 1 is 0.962 bits per heavy atom. The molecule has 1 heterocycles. The van der Waals surface area contributed by atoms with Crippen LogP contribution in [-0.2, 0) is 18.3 Å². The molecule has 4 nitrogen and oxygen atoms in total. The van der Waals surface area contributed by atoms with E-state index in [0.717, 1.165) is 43.6 Å². The lowest BCUT2D eigenvalue weighted by Crippen LogP contribution is -2.29. The highest BCUT2D eigenvalue weighted by molar-refractivity contribution is 6.70. The Labute approximate surface area is 162 Å². The first-order valence-electron chi connectivity index (χ1n) is 10.2. The van der Waals surface area contributed by atoms with Crippen LogP contribution in [0.15, 0.2) is 11.5 Å². The molecule has 1 aliphatic carbocycles. The fourth-order valence-electron chi connectivity index (χ4n) is 3.80. The molecule has 26 heavy (non-hydrogen) atoms. The lowest BCUT2D eigenvalue weighted by atomic mass is 9.98. The van der Waals surface area contributed by atoms with E-state index >= 15 is 0 Å². The lowest BCUT2D eigenvalue weighted by molar-refractivity contribution is -0.164. The minimum Gasteiger partial charge on any atom is -0.545 e. The zero-order valence-corrected chi connectivity index (χ0v) is 20.4. The highest BCUT2D eigenvalue weighted by Crippen LogP contribution is 2.40. The lowest BCUT2D eigenvalue weighted by Gasteiger charge is -2.28. The van der Waals surface area contributed by atoms with Gasteiger partial charge in [0.05, 0.1) is 12.2 Å². The summed E-state index contributed by atoms with van der Waals surface area (Å²) in [6.07, 6.45) is 5.64. The Balaban J connectivity index is 1.99. The number of rotatable bonds is 8. The molecular formula is C20H40O4Si2. The molecule has 0 aromatic rings. The molecule has 1 fully saturated rings. The van der Waals surface area contributed by atoms with Crippen molar-refractivity contribution in [1.29, 1.82) is 0 Å². The van der Waals surface area contributed by atoms with Gasteiger partial charge in [0.25, 0.3) is 0 Å². The van der Waals surface area contributed by atoms with E-state index in [-0.39, 0.29) is 12.2 Å². The van der Waals surface area contributed by atoms with Crippen LogP contribution in [0.5, 0.6) is 0 Å². The van der Waals surface area contributed by atoms with Crippen molar-refractivity contribution in [3.05, 3.63) is 11.5 Å². The molecule has 6 heteroatoms. The largest absolute Gasteiger partial charge is 0.545 e. The second-order valence-electron chi connectivity index (χ2n) is 10.1. The summed E-state index contributed by atoms with van der Waals surface area (Å²) >= 11 is 0. The van der Waals surface area contributed by atoms with Crippen LogP contribution >= 0.6 is 0 Å². The van der Waals surface area contributed by atoms with Crippen LogP contribution in [0.2, 0.25) is 39.3 Å². The Morgan fingerprint density at radius 3 is 2.00 bits per heavy atom. The van der Waals surface area contributed by atoms with E-state index in [0.29, 0.717) is 5.92 Å². The van der Waals surface area contributed by atoms with Crippen molar-refractivity contribution < 1.29 is 18.3 Å². The quantitative estimate of drug-likeness (QED) is 0.467. The number of hydrogen-bond acceptors (Lipinski definition) is 4. The number of ether oxygens (including phenoxy) is 2. The van der Waals surface area contributed by atoms with Crippen molar-refractivity contribution in [3.63, 3.8) is 0 Å². The van der Waals surface area contributed by atoms with Crippen molar-refractivity contribution in [2.75, 3.05) is 0 Å². The summed E-state index contributed by atoms with van der Waals surface area (Å²) in [7, 11) is -3.26. The molecule has 0 amide bonds. The van der Waals surface area contributed by atoms with E-state index in [1.807, 2.05) is 0 Å². The van der Waals surface area contributed by atoms with E-state index in [2.05, 4.69) is 60.1 Å². The van der Waals surface area contributed by atoms with Gasteiger partial charge in [0.2, 0.25) is 16.6 Å². The standard InChI is InChI=1S/C20H40O4Si2/c1-15-16(2)22-20(3,21-15)14-10-11-17-12-13-18(23-25(4,5)6)19(17)24-26(7,8)9/h15-17H,10-14H2,1-9H3. The second-order valence-corrected chi connectivity index (χ2v) is 19.0. The van der Waals surface area contributed by atoms with Gasteiger partial charge in [-0.05, 0) is 79.3 Å². The Morgan fingerprint density at radius 2 is 1.50 bits per heavy atom. The third-order valence-corrected chi connectivity index (χ3v) is 6.62. The molecule has 0 aromatic carbocycles. The van der Waals surface area contributed by atoms with Crippen LogP contribution in [0.25, 0.3) is 0 Å². The van der Waals surface area contributed by atoms with Gasteiger partial charge in [-0.15, -0.1) is 0 Å². The first-order valence-corrected chi connectivity index (χ1v) is 17.1. The topological polar surface area (TPSA) is 36.9 Å². The Bertz CT molecular complexity index is 509. The van der Waals surface area contributed by atoms with Gasteiger partial charge in [-0.1, -0.05) is 0 Å². The summed E-state index contributed by atoms with van der Waals surface area (Å²) < 4.78 is 25.0. The SMILES string of the molecule is CC1OC(C)(CCCC2CCC(O[Si](C)(C)C)=C2O[Si](C)(C)C)OC1C. The van der Waals surface area contributed by atoms with Crippen molar-refractivity contribution in [2.24, 2.45) is 5.92 Å². The third-order valence-electron chi connectivity index (χ3n) is 4.93. The molecule has 3 atom stereocenters. The minimum atomic E-state index is -1.65. The smallest absolute Gasteiger partial charge is 0.241 e.